The molecule has 5 heterocycles. The molecule has 5 aliphatic rings. The zero-order valence-corrected chi connectivity index (χ0v) is 35.7. The molecule has 15 atom stereocenters. The highest BCUT2D eigenvalue weighted by atomic mass is 16.8. The van der Waals surface area contributed by atoms with Crippen LogP contribution in [0.5, 0.6) is 0 Å². The minimum Gasteiger partial charge on any atom is -0.385 e. The van der Waals surface area contributed by atoms with Crippen molar-refractivity contribution in [3.63, 3.8) is 0 Å². The summed E-state index contributed by atoms with van der Waals surface area (Å²) < 4.78 is 80.9. The molecule has 0 bridgehead atoms. The Hall–Kier alpha value is -2.98. The number of aliphatic hydroxyl groups excluding tert-OH is 3. The highest BCUT2D eigenvalue weighted by Crippen LogP contribution is 2.41. The van der Waals surface area contributed by atoms with E-state index in [4.69, 9.17) is 61.6 Å². The van der Waals surface area contributed by atoms with Crippen LogP contribution < -0.4 is 0 Å². The van der Waals surface area contributed by atoms with Crippen LogP contribution in [0, 0.1) is 0 Å². The van der Waals surface area contributed by atoms with Crippen molar-refractivity contribution in [2.24, 2.45) is 0 Å². The first-order valence-corrected chi connectivity index (χ1v) is 21.3. The summed E-state index contributed by atoms with van der Waals surface area (Å²) in [5.41, 5.74) is 2.83. The standard InChI is InChI=1S/C46H60O16/c1-45(2)59-37-31(56-42(50-5)34(48)40(37)61-45)25-55-44-35(49)41-38(60-46(3,4)62-41)32(58-44)26-54-43-33(47)39(53-23-29-19-13-8-14-20-29)36(52-22-28-17-11-7-12-18-28)30(57-43)24-51-21-27-15-9-6-10-16-27/h6-20,30-44,47-49H,21-26H2,1-5H3/t30?,31?,32?,33?,34?,35?,36-,37-,38-,39?,40?,41?,42+,43+,44+/m0/s1. The zero-order chi connectivity index (χ0) is 43.4. The molecular formula is C46H60O16. The van der Waals surface area contributed by atoms with Crippen LogP contribution in [0.1, 0.15) is 44.4 Å². The van der Waals surface area contributed by atoms with E-state index in [1.165, 1.54) is 7.11 Å². The third kappa shape index (κ3) is 10.7. The number of hydrogen-bond donors (Lipinski definition) is 3. The van der Waals surface area contributed by atoms with Gasteiger partial charge < -0.3 is 76.9 Å². The van der Waals surface area contributed by atoms with Crippen molar-refractivity contribution < 1.29 is 76.9 Å². The van der Waals surface area contributed by atoms with Crippen LogP contribution in [0.2, 0.25) is 0 Å². The molecule has 340 valence electrons. The van der Waals surface area contributed by atoms with Gasteiger partial charge in [-0.2, -0.15) is 0 Å². The van der Waals surface area contributed by atoms with Crippen molar-refractivity contribution in [2.75, 3.05) is 26.9 Å². The van der Waals surface area contributed by atoms with Gasteiger partial charge in [-0.15, -0.1) is 0 Å². The van der Waals surface area contributed by atoms with Crippen molar-refractivity contribution in [1.29, 1.82) is 0 Å². The minimum absolute atomic E-state index is 0.0992. The van der Waals surface area contributed by atoms with Crippen molar-refractivity contribution in [3.05, 3.63) is 108 Å². The first-order chi connectivity index (χ1) is 29.9. The lowest BCUT2D eigenvalue weighted by Crippen LogP contribution is -2.62. The average Bonchev–Trinajstić information content (AvgIpc) is 3.79. The minimum atomic E-state index is -1.32. The molecule has 5 aliphatic heterocycles. The summed E-state index contributed by atoms with van der Waals surface area (Å²) in [5, 5.41) is 34.5. The van der Waals surface area contributed by atoms with Crippen LogP contribution in [0.4, 0.5) is 0 Å². The molecule has 0 aliphatic carbocycles. The second-order valence-corrected chi connectivity index (χ2v) is 17.2. The monoisotopic (exact) mass is 868 g/mol. The molecule has 0 saturated carbocycles. The van der Waals surface area contributed by atoms with E-state index in [0.717, 1.165) is 16.7 Å². The number of benzene rings is 3. The third-order valence-corrected chi connectivity index (χ3v) is 11.6. The molecule has 3 aromatic carbocycles. The fraction of sp³-hybridized carbons (Fsp3) is 0.609. The molecule has 5 saturated heterocycles. The molecule has 0 spiro atoms. The summed E-state index contributed by atoms with van der Waals surface area (Å²) in [6.45, 7) is 7.55. The zero-order valence-electron chi connectivity index (χ0n) is 35.7. The Morgan fingerprint density at radius 1 is 0.452 bits per heavy atom. The first kappa shape index (κ1) is 45.6. The van der Waals surface area contributed by atoms with Gasteiger partial charge in [0, 0.05) is 7.11 Å². The van der Waals surface area contributed by atoms with Crippen LogP contribution >= 0.6 is 0 Å². The van der Waals surface area contributed by atoms with Gasteiger partial charge in [-0.1, -0.05) is 91.0 Å². The molecule has 3 aromatic rings. The number of hydrogen-bond acceptors (Lipinski definition) is 16. The number of ether oxygens (including phenoxy) is 13. The van der Waals surface area contributed by atoms with Crippen molar-refractivity contribution in [3.8, 4) is 0 Å². The Labute approximate surface area is 362 Å². The van der Waals surface area contributed by atoms with E-state index in [0.29, 0.717) is 6.61 Å². The Morgan fingerprint density at radius 2 is 0.855 bits per heavy atom. The predicted octanol–water partition coefficient (Wildman–Crippen LogP) is 3.35. The molecule has 16 nitrogen and oxygen atoms in total. The summed E-state index contributed by atoms with van der Waals surface area (Å²) in [7, 11) is 1.42. The topological polar surface area (TPSA) is 181 Å². The summed E-state index contributed by atoms with van der Waals surface area (Å²) in [5.74, 6) is -2.06. The Bertz CT molecular complexity index is 1820. The molecule has 16 heteroatoms. The highest BCUT2D eigenvalue weighted by Gasteiger charge is 2.58. The lowest BCUT2D eigenvalue weighted by Gasteiger charge is -2.45. The summed E-state index contributed by atoms with van der Waals surface area (Å²) in [4.78, 5) is 0. The maximum atomic E-state index is 12.1. The molecular weight excluding hydrogens is 808 g/mol. The number of fused-ring (bicyclic) bond motifs is 2. The molecule has 5 fully saturated rings. The van der Waals surface area contributed by atoms with Crippen molar-refractivity contribution in [2.45, 2.75) is 151 Å². The maximum absolute atomic E-state index is 12.1. The summed E-state index contributed by atoms with van der Waals surface area (Å²) in [6.07, 6.45) is -14.3. The van der Waals surface area contributed by atoms with Crippen LogP contribution in [0.3, 0.4) is 0 Å². The van der Waals surface area contributed by atoms with Gasteiger partial charge >= 0.3 is 0 Å². The third-order valence-electron chi connectivity index (χ3n) is 11.6. The van der Waals surface area contributed by atoms with Gasteiger partial charge in [0.25, 0.3) is 0 Å². The van der Waals surface area contributed by atoms with E-state index < -0.39 is 104 Å². The van der Waals surface area contributed by atoms with Gasteiger partial charge in [-0.25, -0.2) is 0 Å². The SMILES string of the molecule is CO[C@@H]1OC(CO[C@@H]2OC(CO[C@@H]3OC(COCc4ccccc4)[C@H](OCc4ccccc4)C(OCc4ccccc4)C3O)[C@@H]3OC(C)(C)OC3C2O)[C@@H]2OC(C)(C)OC2C1O. The van der Waals surface area contributed by atoms with Crippen LogP contribution in [-0.4, -0.2) is 146 Å². The number of aliphatic hydroxyl groups is 3. The highest BCUT2D eigenvalue weighted by molar-refractivity contribution is 5.15. The maximum Gasteiger partial charge on any atom is 0.186 e. The van der Waals surface area contributed by atoms with Crippen LogP contribution in [0.25, 0.3) is 0 Å². The van der Waals surface area contributed by atoms with Gasteiger partial charge in [0.05, 0.1) is 39.6 Å². The van der Waals surface area contributed by atoms with Crippen molar-refractivity contribution in [1.82, 2.24) is 0 Å². The van der Waals surface area contributed by atoms with E-state index in [-0.39, 0.29) is 33.0 Å². The quantitative estimate of drug-likeness (QED) is 0.180. The first-order valence-electron chi connectivity index (χ1n) is 21.3. The molecule has 9 unspecified atom stereocenters. The second kappa shape index (κ2) is 20.0. The largest absolute Gasteiger partial charge is 0.385 e. The number of rotatable bonds is 17. The smallest absolute Gasteiger partial charge is 0.186 e. The Kier molecular flexibility index (Phi) is 14.7. The fourth-order valence-electron chi connectivity index (χ4n) is 8.65. The van der Waals surface area contributed by atoms with Crippen molar-refractivity contribution >= 4 is 0 Å². The van der Waals surface area contributed by atoms with E-state index in [1.54, 1.807) is 27.7 Å². The predicted molar refractivity (Wildman–Crippen MR) is 217 cm³/mol. The van der Waals surface area contributed by atoms with Crippen LogP contribution in [0.15, 0.2) is 91.0 Å². The lowest BCUT2D eigenvalue weighted by molar-refractivity contribution is -0.338. The Balaban J connectivity index is 0.994. The van der Waals surface area contributed by atoms with E-state index in [1.807, 2.05) is 91.0 Å². The lowest BCUT2D eigenvalue weighted by atomic mass is 9.97. The van der Waals surface area contributed by atoms with Gasteiger partial charge in [0.2, 0.25) is 0 Å². The molecule has 3 N–H and O–H groups in total. The van der Waals surface area contributed by atoms with E-state index in [2.05, 4.69) is 0 Å². The summed E-state index contributed by atoms with van der Waals surface area (Å²) in [6, 6.07) is 29.2. The van der Waals surface area contributed by atoms with Crippen LogP contribution in [-0.2, 0) is 81.4 Å². The van der Waals surface area contributed by atoms with Gasteiger partial charge in [0.15, 0.2) is 30.4 Å². The summed E-state index contributed by atoms with van der Waals surface area (Å²) >= 11 is 0. The fourth-order valence-corrected chi connectivity index (χ4v) is 8.65. The van der Waals surface area contributed by atoms with E-state index >= 15 is 0 Å². The van der Waals surface area contributed by atoms with E-state index in [9.17, 15) is 15.3 Å². The molecule has 8 rings (SSSR count). The number of methoxy groups -OCH3 is 1. The molecule has 0 radical (unpaired) electrons. The normalized spacial score (nSPS) is 37.5. The van der Waals surface area contributed by atoms with Gasteiger partial charge in [0.1, 0.15) is 73.2 Å². The molecule has 0 amide bonds. The van der Waals surface area contributed by atoms with Gasteiger partial charge in [-0.05, 0) is 44.4 Å². The molecule has 0 aromatic heterocycles. The molecule has 62 heavy (non-hydrogen) atoms. The average molecular weight is 869 g/mol. The Morgan fingerprint density at radius 3 is 1.35 bits per heavy atom. The van der Waals surface area contributed by atoms with Gasteiger partial charge in [-0.3, -0.25) is 0 Å². The second-order valence-electron chi connectivity index (χ2n) is 17.2.